The molecule has 1 aromatic rings. The number of nitrogens with one attached hydrogen (secondary N) is 1. The maximum absolute atomic E-state index is 11.4. The van der Waals surface area contributed by atoms with Crippen molar-refractivity contribution >= 4 is 12.1 Å². The highest BCUT2D eigenvalue weighted by molar-refractivity contribution is 5.89. The van der Waals surface area contributed by atoms with Crippen molar-refractivity contribution in [3.63, 3.8) is 0 Å². The standard InChI is InChI=1S/C11H16N2O5/c1-6-8(9(14)15)7(13-18-6)5-12-10(16)17-11(2,3)4/h5H2,1-4H3,(H,12,16)(H,14,15). The average Bonchev–Trinajstić information content (AvgIpc) is 2.54. The number of rotatable bonds is 3. The summed E-state index contributed by atoms with van der Waals surface area (Å²) in [7, 11) is 0. The van der Waals surface area contributed by atoms with Crippen LogP contribution in [0.5, 0.6) is 0 Å². The molecule has 1 heterocycles. The van der Waals surface area contributed by atoms with Crippen molar-refractivity contribution in [1.82, 2.24) is 10.5 Å². The van der Waals surface area contributed by atoms with Crippen LogP contribution in [-0.2, 0) is 11.3 Å². The van der Waals surface area contributed by atoms with Gasteiger partial charge in [-0.05, 0) is 27.7 Å². The Morgan fingerprint density at radius 3 is 2.56 bits per heavy atom. The van der Waals surface area contributed by atoms with Crippen LogP contribution in [0.4, 0.5) is 4.79 Å². The number of hydrogen-bond acceptors (Lipinski definition) is 5. The second kappa shape index (κ2) is 5.07. The number of carboxylic acid groups (broad SMARTS) is 1. The van der Waals surface area contributed by atoms with Gasteiger partial charge in [-0.1, -0.05) is 5.16 Å². The van der Waals surface area contributed by atoms with Crippen LogP contribution in [0.25, 0.3) is 0 Å². The molecule has 1 rings (SSSR count). The molecule has 2 N–H and O–H groups in total. The lowest BCUT2D eigenvalue weighted by Gasteiger charge is -2.19. The largest absolute Gasteiger partial charge is 0.477 e. The summed E-state index contributed by atoms with van der Waals surface area (Å²) in [6.45, 7) is 6.63. The fourth-order valence-corrected chi connectivity index (χ4v) is 1.28. The fraction of sp³-hybridized carbons (Fsp3) is 0.545. The van der Waals surface area contributed by atoms with Crippen LogP contribution in [-0.4, -0.2) is 27.9 Å². The van der Waals surface area contributed by atoms with Crippen molar-refractivity contribution in [2.45, 2.75) is 39.8 Å². The first-order chi connectivity index (χ1) is 8.20. The van der Waals surface area contributed by atoms with Crippen molar-refractivity contribution < 1.29 is 24.0 Å². The first kappa shape index (κ1) is 14.0. The number of carboxylic acids is 1. The van der Waals surface area contributed by atoms with Crippen LogP contribution in [0.3, 0.4) is 0 Å². The van der Waals surface area contributed by atoms with Crippen LogP contribution in [0.15, 0.2) is 4.52 Å². The van der Waals surface area contributed by atoms with E-state index in [9.17, 15) is 9.59 Å². The minimum Gasteiger partial charge on any atom is -0.477 e. The molecule has 0 aliphatic heterocycles. The molecule has 0 radical (unpaired) electrons. The van der Waals surface area contributed by atoms with Gasteiger partial charge in [-0.15, -0.1) is 0 Å². The van der Waals surface area contributed by atoms with E-state index in [4.69, 9.17) is 14.4 Å². The summed E-state index contributed by atoms with van der Waals surface area (Å²) >= 11 is 0. The molecule has 0 spiro atoms. The molecule has 0 fully saturated rings. The molecule has 7 heteroatoms. The Morgan fingerprint density at radius 1 is 1.44 bits per heavy atom. The molecule has 0 aliphatic rings. The van der Waals surface area contributed by atoms with Gasteiger partial charge in [0.25, 0.3) is 0 Å². The number of ether oxygens (including phenoxy) is 1. The Balaban J connectivity index is 2.65. The maximum atomic E-state index is 11.4. The SMILES string of the molecule is Cc1onc(CNC(=O)OC(C)(C)C)c1C(=O)O. The molecule has 0 aromatic carbocycles. The van der Waals surface area contributed by atoms with Crippen LogP contribution < -0.4 is 5.32 Å². The van der Waals surface area contributed by atoms with Crippen LogP contribution in [0.1, 0.15) is 42.6 Å². The van der Waals surface area contributed by atoms with Gasteiger partial charge < -0.3 is 19.7 Å². The molecule has 0 unspecified atom stereocenters. The van der Waals surface area contributed by atoms with E-state index in [1.54, 1.807) is 20.8 Å². The minimum atomic E-state index is -1.14. The molecule has 0 aliphatic carbocycles. The molecule has 7 nitrogen and oxygen atoms in total. The first-order valence-corrected chi connectivity index (χ1v) is 5.36. The molecule has 100 valence electrons. The van der Waals surface area contributed by atoms with E-state index in [-0.39, 0.29) is 23.6 Å². The highest BCUT2D eigenvalue weighted by atomic mass is 16.6. The predicted molar refractivity (Wildman–Crippen MR) is 61.3 cm³/mol. The van der Waals surface area contributed by atoms with Gasteiger partial charge >= 0.3 is 12.1 Å². The van der Waals surface area contributed by atoms with Gasteiger partial charge in [0, 0.05) is 0 Å². The smallest absolute Gasteiger partial charge is 0.407 e. The van der Waals surface area contributed by atoms with Crippen molar-refractivity contribution in [1.29, 1.82) is 0 Å². The average molecular weight is 256 g/mol. The van der Waals surface area contributed by atoms with Crippen LogP contribution >= 0.6 is 0 Å². The molecule has 1 aromatic heterocycles. The van der Waals surface area contributed by atoms with Crippen molar-refractivity contribution in [3.8, 4) is 0 Å². The third-order valence-corrected chi connectivity index (χ3v) is 1.95. The Bertz CT molecular complexity index is 458. The van der Waals surface area contributed by atoms with E-state index in [1.165, 1.54) is 6.92 Å². The van der Waals surface area contributed by atoms with E-state index < -0.39 is 17.7 Å². The van der Waals surface area contributed by atoms with Crippen molar-refractivity contribution in [2.75, 3.05) is 0 Å². The summed E-state index contributed by atoms with van der Waals surface area (Å²) in [6.07, 6.45) is -0.639. The summed E-state index contributed by atoms with van der Waals surface area (Å²) in [5.41, 5.74) is -0.490. The highest BCUT2D eigenvalue weighted by Gasteiger charge is 2.21. The van der Waals surface area contributed by atoms with Gasteiger partial charge in [0.05, 0.1) is 6.54 Å². The zero-order valence-corrected chi connectivity index (χ0v) is 10.7. The third kappa shape index (κ3) is 3.76. The number of amides is 1. The molecular weight excluding hydrogens is 240 g/mol. The van der Waals surface area contributed by atoms with E-state index in [0.29, 0.717) is 0 Å². The Labute approximate surface area is 104 Å². The monoisotopic (exact) mass is 256 g/mol. The lowest BCUT2D eigenvalue weighted by Crippen LogP contribution is -2.32. The number of carbonyl (C=O) groups excluding carboxylic acids is 1. The fourth-order valence-electron chi connectivity index (χ4n) is 1.28. The summed E-state index contributed by atoms with van der Waals surface area (Å²) in [6, 6.07) is 0. The van der Waals surface area contributed by atoms with Gasteiger partial charge in [0.1, 0.15) is 22.6 Å². The quantitative estimate of drug-likeness (QED) is 0.853. The third-order valence-electron chi connectivity index (χ3n) is 1.95. The zero-order chi connectivity index (χ0) is 13.9. The Hall–Kier alpha value is -2.05. The van der Waals surface area contributed by atoms with Gasteiger partial charge in [0.15, 0.2) is 0 Å². The number of aromatic nitrogens is 1. The number of alkyl carbamates (subject to hydrolysis) is 1. The van der Waals surface area contributed by atoms with Gasteiger partial charge in [0.2, 0.25) is 0 Å². The normalized spacial score (nSPS) is 11.1. The molecule has 18 heavy (non-hydrogen) atoms. The summed E-state index contributed by atoms with van der Waals surface area (Å²) in [5.74, 6) is -0.946. The Kier molecular flexibility index (Phi) is 3.95. The maximum Gasteiger partial charge on any atom is 0.407 e. The summed E-state index contributed by atoms with van der Waals surface area (Å²) in [5, 5.41) is 14.9. The summed E-state index contributed by atoms with van der Waals surface area (Å²) in [4.78, 5) is 22.3. The number of nitrogens with zero attached hydrogens (tertiary/aromatic N) is 1. The number of aryl methyl sites for hydroxylation is 1. The molecule has 0 saturated heterocycles. The second-order valence-electron chi connectivity index (χ2n) is 4.72. The van der Waals surface area contributed by atoms with Crippen LogP contribution in [0.2, 0.25) is 0 Å². The number of carbonyl (C=O) groups is 2. The van der Waals surface area contributed by atoms with E-state index >= 15 is 0 Å². The zero-order valence-electron chi connectivity index (χ0n) is 10.7. The van der Waals surface area contributed by atoms with Crippen LogP contribution in [0, 0.1) is 6.92 Å². The van der Waals surface area contributed by atoms with Gasteiger partial charge in [-0.25, -0.2) is 9.59 Å². The molecule has 0 bridgehead atoms. The second-order valence-corrected chi connectivity index (χ2v) is 4.72. The molecule has 0 saturated carbocycles. The molecular formula is C11H16N2O5. The van der Waals surface area contributed by atoms with Crippen molar-refractivity contribution in [2.24, 2.45) is 0 Å². The molecule has 1 amide bonds. The number of aromatic carboxylic acids is 1. The minimum absolute atomic E-state index is 0.0361. The van der Waals surface area contributed by atoms with E-state index in [0.717, 1.165) is 0 Å². The predicted octanol–water partition coefficient (Wildman–Crippen LogP) is 1.71. The highest BCUT2D eigenvalue weighted by Crippen LogP contribution is 2.13. The lowest BCUT2D eigenvalue weighted by molar-refractivity contribution is 0.0520. The van der Waals surface area contributed by atoms with Gasteiger partial charge in [-0.2, -0.15) is 0 Å². The summed E-state index contributed by atoms with van der Waals surface area (Å²) < 4.78 is 9.78. The lowest BCUT2D eigenvalue weighted by atomic mass is 10.2. The Morgan fingerprint density at radius 2 is 2.06 bits per heavy atom. The first-order valence-electron chi connectivity index (χ1n) is 5.36. The topological polar surface area (TPSA) is 102 Å². The van der Waals surface area contributed by atoms with E-state index in [2.05, 4.69) is 10.5 Å². The van der Waals surface area contributed by atoms with Gasteiger partial charge in [-0.3, -0.25) is 0 Å². The van der Waals surface area contributed by atoms with E-state index in [1.807, 2.05) is 0 Å². The molecule has 0 atom stereocenters. The van der Waals surface area contributed by atoms with Crippen molar-refractivity contribution in [3.05, 3.63) is 17.0 Å². The number of hydrogen-bond donors (Lipinski definition) is 2.